The van der Waals surface area contributed by atoms with Gasteiger partial charge >= 0.3 is 0 Å². The first-order chi connectivity index (χ1) is 17.5. The Morgan fingerprint density at radius 2 is 1.81 bits per heavy atom. The zero-order valence-electron chi connectivity index (χ0n) is 23.5. The molecule has 2 aliphatic rings. The lowest BCUT2D eigenvalue weighted by Gasteiger charge is -2.32. The van der Waals surface area contributed by atoms with Crippen LogP contribution in [0.15, 0.2) is 34.3 Å². The van der Waals surface area contributed by atoms with Gasteiger partial charge in [0.05, 0.1) is 30.0 Å². The molecule has 2 heterocycles. The third-order valence-electron chi connectivity index (χ3n) is 8.17. The Kier molecular flexibility index (Phi) is 9.80. The second-order valence-corrected chi connectivity index (χ2v) is 11.0. The fourth-order valence-corrected chi connectivity index (χ4v) is 6.01. The molecule has 0 bridgehead atoms. The molecule has 1 fully saturated rings. The fraction of sp³-hybridized carbons (Fsp3) is 0.690. The van der Waals surface area contributed by atoms with Crippen molar-refractivity contribution >= 4 is 0 Å². The number of aryl methyl sites for hydroxylation is 1. The summed E-state index contributed by atoms with van der Waals surface area (Å²) < 4.78 is 18.6. The number of aliphatic hydroxyl groups is 2. The number of nitrogens with zero attached hydrogens (tertiary/aromatic N) is 1. The number of aromatic nitrogens is 1. The number of hydrogen-bond donors (Lipinski definition) is 3. The van der Waals surface area contributed by atoms with Gasteiger partial charge in [-0.1, -0.05) is 39.3 Å². The average Bonchev–Trinajstić information content (AvgIpc) is 3.10. The minimum atomic E-state index is -1.14. The third-order valence-corrected chi connectivity index (χ3v) is 8.17. The number of methoxy groups -OCH3 is 2. The molecular weight excluding hydrogens is 474 g/mol. The van der Waals surface area contributed by atoms with Gasteiger partial charge in [-0.15, -0.1) is 0 Å². The molecule has 0 radical (unpaired) electrons. The van der Waals surface area contributed by atoms with Gasteiger partial charge in [-0.3, -0.25) is 4.79 Å². The molecule has 0 spiro atoms. The Morgan fingerprint density at radius 3 is 2.35 bits per heavy atom. The van der Waals surface area contributed by atoms with Crippen molar-refractivity contribution in [1.82, 2.24) is 4.57 Å². The molecule has 1 saturated carbocycles. The van der Waals surface area contributed by atoms with Gasteiger partial charge in [-0.05, 0) is 49.7 Å². The molecule has 1 aromatic rings. The van der Waals surface area contributed by atoms with E-state index in [1.165, 1.54) is 25.0 Å². The Bertz CT molecular complexity index is 1050. The second-order valence-electron chi connectivity index (χ2n) is 11.0. The van der Waals surface area contributed by atoms with Crippen LogP contribution in [0.1, 0.15) is 77.0 Å². The Labute approximate surface area is 220 Å². The summed E-state index contributed by atoms with van der Waals surface area (Å²) in [6, 6.07) is 0. The number of rotatable bonds is 9. The van der Waals surface area contributed by atoms with Gasteiger partial charge in [0.1, 0.15) is 18.0 Å². The smallest absolute Gasteiger partial charge is 0.259 e. The summed E-state index contributed by atoms with van der Waals surface area (Å²) in [5, 5.41) is 33.3. The van der Waals surface area contributed by atoms with Crippen molar-refractivity contribution in [2.75, 3.05) is 14.2 Å². The number of allylic oxidation sites excluding steroid dienone is 1. The van der Waals surface area contributed by atoms with Crippen LogP contribution in [0.2, 0.25) is 0 Å². The maximum atomic E-state index is 13.3. The molecule has 3 rings (SSSR count). The molecule has 0 saturated heterocycles. The predicted molar refractivity (Wildman–Crippen MR) is 143 cm³/mol. The van der Waals surface area contributed by atoms with E-state index in [1.54, 1.807) is 7.05 Å². The normalized spacial score (nSPS) is 32.3. The van der Waals surface area contributed by atoms with Gasteiger partial charge in [0.2, 0.25) is 0 Å². The minimum Gasteiger partial charge on any atom is -0.507 e. The van der Waals surface area contributed by atoms with Gasteiger partial charge in [-0.2, -0.15) is 0 Å². The van der Waals surface area contributed by atoms with E-state index in [4.69, 9.17) is 14.2 Å². The van der Waals surface area contributed by atoms with Crippen LogP contribution < -0.4 is 5.56 Å². The zero-order chi connectivity index (χ0) is 27.6. The SMILES string of the molecule is CC[C@@H](C)C[C@H](C)/C=C(\C)[C@H]1O[C@@H](c2c(O)c(C3[C@@H](O)[C@@H](OC)[C@@H](OC)[C@H]3O)cn(C)c2=O)CC=C1C. The summed E-state index contributed by atoms with van der Waals surface area (Å²) in [6.45, 7) is 10.7. The van der Waals surface area contributed by atoms with Crippen LogP contribution in [0, 0.1) is 11.8 Å². The molecule has 0 amide bonds. The van der Waals surface area contributed by atoms with Gasteiger partial charge in [0.25, 0.3) is 5.56 Å². The van der Waals surface area contributed by atoms with Crippen molar-refractivity contribution in [3.05, 3.63) is 51.0 Å². The zero-order valence-corrected chi connectivity index (χ0v) is 23.5. The highest BCUT2D eigenvalue weighted by Crippen LogP contribution is 2.44. The van der Waals surface area contributed by atoms with Crippen LogP contribution in [0.4, 0.5) is 0 Å². The van der Waals surface area contributed by atoms with Crippen molar-refractivity contribution in [1.29, 1.82) is 0 Å². The molecular formula is C29H45NO7. The Balaban J connectivity index is 1.98. The molecule has 1 aromatic heterocycles. The Morgan fingerprint density at radius 1 is 1.22 bits per heavy atom. The second kappa shape index (κ2) is 12.3. The van der Waals surface area contributed by atoms with Crippen LogP contribution in [0.5, 0.6) is 5.75 Å². The molecule has 0 aromatic carbocycles. The van der Waals surface area contributed by atoms with E-state index in [9.17, 15) is 20.1 Å². The number of ether oxygens (including phenoxy) is 3. The number of aliphatic hydroxyl groups excluding tert-OH is 2. The standard InChI is InChI=1S/C29H45NO7/c1-9-15(2)12-16(3)13-18(5)26-17(4)10-11-20(37-26)22-23(31)19(14-30(6)29(22)34)21-24(32)27(35-7)28(36-8)25(21)33/h10,13-16,20-21,24-28,31-33H,9,11-12H2,1-8H3/b18-13+/t15-,16+,20-,21?,24-,25+,26+,27-,28+/m1/s1. The van der Waals surface area contributed by atoms with Crippen molar-refractivity contribution in [3.63, 3.8) is 0 Å². The largest absolute Gasteiger partial charge is 0.507 e. The Hall–Kier alpha value is -1.97. The van der Waals surface area contributed by atoms with E-state index < -0.39 is 36.4 Å². The average molecular weight is 520 g/mol. The number of aromatic hydroxyl groups is 1. The van der Waals surface area contributed by atoms with Crippen molar-refractivity contribution in [3.8, 4) is 5.75 Å². The highest BCUT2D eigenvalue weighted by molar-refractivity contribution is 5.44. The summed E-state index contributed by atoms with van der Waals surface area (Å²) in [4.78, 5) is 13.3. The molecule has 1 aliphatic heterocycles. The molecule has 8 heteroatoms. The molecule has 8 nitrogen and oxygen atoms in total. The monoisotopic (exact) mass is 519 g/mol. The van der Waals surface area contributed by atoms with Crippen LogP contribution in [-0.2, 0) is 21.3 Å². The summed E-state index contributed by atoms with van der Waals surface area (Å²) >= 11 is 0. The molecule has 208 valence electrons. The maximum Gasteiger partial charge on any atom is 0.259 e. The quantitative estimate of drug-likeness (QED) is 0.426. The van der Waals surface area contributed by atoms with Gasteiger partial charge in [0.15, 0.2) is 0 Å². The summed E-state index contributed by atoms with van der Waals surface area (Å²) in [5.41, 5.74) is 2.16. The molecule has 9 atom stereocenters. The van der Waals surface area contributed by atoms with Gasteiger partial charge in [0, 0.05) is 38.9 Å². The van der Waals surface area contributed by atoms with E-state index in [2.05, 4.69) is 32.9 Å². The van der Waals surface area contributed by atoms with Crippen molar-refractivity contribution in [2.24, 2.45) is 18.9 Å². The highest BCUT2D eigenvalue weighted by atomic mass is 16.5. The molecule has 37 heavy (non-hydrogen) atoms. The number of hydrogen-bond acceptors (Lipinski definition) is 7. The predicted octanol–water partition coefficient (Wildman–Crippen LogP) is 3.73. The van der Waals surface area contributed by atoms with Crippen LogP contribution in [0.25, 0.3) is 0 Å². The first-order valence-corrected chi connectivity index (χ1v) is 13.3. The minimum absolute atomic E-state index is 0.128. The highest BCUT2D eigenvalue weighted by Gasteiger charge is 2.52. The summed E-state index contributed by atoms with van der Waals surface area (Å²) in [5.74, 6) is -0.138. The molecule has 1 unspecified atom stereocenters. The fourth-order valence-electron chi connectivity index (χ4n) is 6.01. The summed E-state index contributed by atoms with van der Waals surface area (Å²) in [6.07, 6.45) is 3.61. The first kappa shape index (κ1) is 29.6. The summed E-state index contributed by atoms with van der Waals surface area (Å²) in [7, 11) is 4.46. The van der Waals surface area contributed by atoms with E-state index >= 15 is 0 Å². The molecule has 1 aliphatic carbocycles. The van der Waals surface area contributed by atoms with Crippen molar-refractivity contribution in [2.45, 2.75) is 96.4 Å². The van der Waals surface area contributed by atoms with E-state index in [-0.39, 0.29) is 28.5 Å². The van der Waals surface area contributed by atoms with E-state index in [0.717, 1.165) is 24.0 Å². The number of pyridine rings is 1. The lowest BCUT2D eigenvalue weighted by Crippen LogP contribution is -2.35. The topological polar surface area (TPSA) is 110 Å². The van der Waals surface area contributed by atoms with Crippen LogP contribution in [0.3, 0.4) is 0 Å². The third kappa shape index (κ3) is 5.88. The maximum absolute atomic E-state index is 13.3. The van der Waals surface area contributed by atoms with Crippen LogP contribution in [-0.4, -0.2) is 64.6 Å². The first-order valence-electron chi connectivity index (χ1n) is 13.3. The lowest BCUT2D eigenvalue weighted by molar-refractivity contribution is -0.0812. The van der Waals surface area contributed by atoms with Gasteiger partial charge in [-0.25, -0.2) is 0 Å². The van der Waals surface area contributed by atoms with Crippen molar-refractivity contribution < 1.29 is 29.5 Å². The lowest BCUT2D eigenvalue weighted by atomic mass is 9.89. The van der Waals surface area contributed by atoms with Crippen LogP contribution >= 0.6 is 0 Å². The van der Waals surface area contributed by atoms with E-state index in [1.807, 2.05) is 13.8 Å². The van der Waals surface area contributed by atoms with Gasteiger partial charge < -0.3 is 34.1 Å². The molecule has 3 N–H and O–H groups in total. The van der Waals surface area contributed by atoms with E-state index in [0.29, 0.717) is 18.3 Å².